The first-order valence-corrected chi connectivity index (χ1v) is 14.2. The van der Waals surface area contributed by atoms with E-state index in [0.29, 0.717) is 52.9 Å². The van der Waals surface area contributed by atoms with Crippen LogP contribution in [-0.4, -0.2) is 41.1 Å². The normalized spacial score (nSPS) is 19.3. The van der Waals surface area contributed by atoms with Crippen LogP contribution in [0.4, 0.5) is 5.13 Å². The van der Waals surface area contributed by atoms with Crippen LogP contribution in [-0.2, 0) is 16.0 Å². The van der Waals surface area contributed by atoms with Crippen molar-refractivity contribution in [2.24, 2.45) is 0 Å². The van der Waals surface area contributed by atoms with Crippen LogP contribution in [0.1, 0.15) is 36.6 Å². The lowest BCUT2D eigenvalue weighted by molar-refractivity contribution is -0.132. The number of amides is 1. The van der Waals surface area contributed by atoms with Crippen molar-refractivity contribution in [2.45, 2.75) is 32.4 Å². The number of aliphatic hydroxyl groups is 1. The van der Waals surface area contributed by atoms with Crippen LogP contribution in [0.15, 0.2) is 78.9 Å². The molecule has 1 saturated heterocycles. The third kappa shape index (κ3) is 4.82. The third-order valence-corrected chi connectivity index (χ3v) is 8.04. The van der Waals surface area contributed by atoms with Gasteiger partial charge in [-0.25, -0.2) is 4.98 Å². The van der Waals surface area contributed by atoms with E-state index in [1.165, 1.54) is 16.2 Å². The maximum absolute atomic E-state index is 13.7. The largest absolute Gasteiger partial charge is 0.507 e. The molecule has 1 amide bonds. The molecule has 208 valence electrons. The fourth-order valence-electron chi connectivity index (χ4n) is 5.25. The van der Waals surface area contributed by atoms with Crippen LogP contribution in [0, 0.1) is 0 Å². The smallest absolute Gasteiger partial charge is 0.301 e. The molecule has 0 radical (unpaired) electrons. The summed E-state index contributed by atoms with van der Waals surface area (Å²) in [5.41, 5.74) is 2.62. The number of fused-ring (bicyclic) bond motifs is 2. The minimum atomic E-state index is -0.933. The van der Waals surface area contributed by atoms with E-state index in [2.05, 4.69) is 6.58 Å². The summed E-state index contributed by atoms with van der Waals surface area (Å²) in [7, 11) is 0. The van der Waals surface area contributed by atoms with Gasteiger partial charge in [-0.1, -0.05) is 36.1 Å². The first-order chi connectivity index (χ1) is 19.9. The van der Waals surface area contributed by atoms with E-state index >= 15 is 0 Å². The van der Waals surface area contributed by atoms with Gasteiger partial charge in [0.05, 0.1) is 28.4 Å². The molecule has 0 spiro atoms. The lowest BCUT2D eigenvalue weighted by Gasteiger charge is -2.23. The Morgan fingerprint density at radius 3 is 2.78 bits per heavy atom. The number of carbonyl (C=O) groups excluding carboxylic acids is 2. The molecule has 0 unspecified atom stereocenters. The van der Waals surface area contributed by atoms with Crippen molar-refractivity contribution < 1.29 is 28.9 Å². The summed E-state index contributed by atoms with van der Waals surface area (Å²) >= 11 is 1.28. The SMILES string of the molecule is C=CCOc1cccc([C@@H]2C(=C(O)c3ccc4c(c3)C[C@@H](C)O4)C(=O)C(=O)N2c2nc3ccc(OCC)cc3s2)c1. The number of benzene rings is 3. The molecule has 2 atom stereocenters. The summed E-state index contributed by atoms with van der Waals surface area (Å²) in [5, 5.41) is 12.0. The molecule has 2 aliphatic heterocycles. The zero-order valence-corrected chi connectivity index (χ0v) is 23.4. The van der Waals surface area contributed by atoms with Gasteiger partial charge >= 0.3 is 5.91 Å². The van der Waals surface area contributed by atoms with E-state index in [4.69, 9.17) is 19.2 Å². The van der Waals surface area contributed by atoms with Crippen molar-refractivity contribution in [1.82, 2.24) is 4.98 Å². The second kappa shape index (κ2) is 10.7. The summed E-state index contributed by atoms with van der Waals surface area (Å²) in [6.07, 6.45) is 2.34. The minimum Gasteiger partial charge on any atom is -0.507 e. The predicted octanol–water partition coefficient (Wildman–Crippen LogP) is 6.21. The molecule has 1 N–H and O–H groups in total. The zero-order chi connectivity index (χ0) is 28.7. The average Bonchev–Trinajstić information content (AvgIpc) is 3.63. The molecular weight excluding hydrogens is 540 g/mol. The Balaban J connectivity index is 1.51. The fourth-order valence-corrected chi connectivity index (χ4v) is 6.27. The Kier molecular flexibility index (Phi) is 6.96. The van der Waals surface area contributed by atoms with Crippen LogP contribution in [0.3, 0.4) is 0 Å². The second-order valence-corrected chi connectivity index (χ2v) is 10.9. The quantitative estimate of drug-likeness (QED) is 0.117. The fraction of sp³-hybridized carbons (Fsp3) is 0.219. The monoisotopic (exact) mass is 568 g/mol. The van der Waals surface area contributed by atoms with E-state index in [-0.39, 0.29) is 17.4 Å². The number of hydrogen-bond donors (Lipinski definition) is 1. The molecule has 1 fully saturated rings. The van der Waals surface area contributed by atoms with E-state index in [0.717, 1.165) is 16.0 Å². The summed E-state index contributed by atoms with van der Waals surface area (Å²) < 4.78 is 18.0. The zero-order valence-electron chi connectivity index (χ0n) is 22.6. The Morgan fingerprint density at radius 1 is 1.15 bits per heavy atom. The van der Waals surface area contributed by atoms with Crippen LogP contribution in [0.5, 0.6) is 17.2 Å². The topological polar surface area (TPSA) is 98.2 Å². The molecule has 41 heavy (non-hydrogen) atoms. The number of rotatable bonds is 8. The van der Waals surface area contributed by atoms with E-state index in [1.54, 1.807) is 42.5 Å². The number of anilines is 1. The highest BCUT2D eigenvalue weighted by atomic mass is 32.1. The second-order valence-electron chi connectivity index (χ2n) is 9.86. The van der Waals surface area contributed by atoms with Gasteiger partial charge in [0.25, 0.3) is 5.78 Å². The van der Waals surface area contributed by atoms with Crippen LogP contribution >= 0.6 is 11.3 Å². The first kappa shape index (κ1) is 26.6. The molecule has 3 aromatic carbocycles. The van der Waals surface area contributed by atoms with E-state index < -0.39 is 17.7 Å². The van der Waals surface area contributed by atoms with Crippen molar-refractivity contribution >= 4 is 44.1 Å². The van der Waals surface area contributed by atoms with Gasteiger partial charge in [0.1, 0.15) is 35.7 Å². The Labute approximate surface area is 241 Å². The van der Waals surface area contributed by atoms with E-state index in [1.807, 2.05) is 38.1 Å². The van der Waals surface area contributed by atoms with Gasteiger partial charge in [0, 0.05) is 12.0 Å². The lowest BCUT2D eigenvalue weighted by Crippen LogP contribution is -2.29. The highest BCUT2D eigenvalue weighted by molar-refractivity contribution is 7.22. The minimum absolute atomic E-state index is 0.0166. The number of aromatic nitrogens is 1. The molecule has 2 aliphatic rings. The van der Waals surface area contributed by atoms with E-state index in [9.17, 15) is 14.7 Å². The summed E-state index contributed by atoms with van der Waals surface area (Å²) in [6, 6.07) is 17.0. The molecular formula is C32H28N2O6S. The van der Waals surface area contributed by atoms with Crippen molar-refractivity contribution in [3.05, 3.63) is 95.6 Å². The summed E-state index contributed by atoms with van der Waals surface area (Å²) in [5.74, 6) is 0.174. The van der Waals surface area contributed by atoms with Gasteiger partial charge in [0.15, 0.2) is 5.13 Å². The van der Waals surface area contributed by atoms with Gasteiger partial charge in [-0.3, -0.25) is 14.5 Å². The van der Waals surface area contributed by atoms with Gasteiger partial charge in [-0.05, 0) is 73.5 Å². The van der Waals surface area contributed by atoms with Crippen molar-refractivity contribution in [3.8, 4) is 17.2 Å². The number of hydrogen-bond acceptors (Lipinski definition) is 8. The molecule has 0 aliphatic carbocycles. The average molecular weight is 569 g/mol. The standard InChI is InChI=1S/C32H28N2O6S/c1-4-13-39-22-8-6-7-19(16-22)28-27(29(35)20-9-12-25-21(15-20)14-18(3)40-25)30(36)31(37)34(28)32-33-24-11-10-23(38-5-2)17-26(24)41-32/h4,6-12,15-18,28,35H,1,5,13-14H2,2-3H3/t18-,28-/m1/s1. The number of carbonyl (C=O) groups is 2. The summed E-state index contributed by atoms with van der Waals surface area (Å²) in [4.78, 5) is 33.4. The Morgan fingerprint density at radius 2 is 1.98 bits per heavy atom. The van der Waals surface area contributed by atoms with Gasteiger partial charge in [-0.2, -0.15) is 0 Å². The summed E-state index contributed by atoms with van der Waals surface area (Å²) in [6.45, 7) is 8.38. The van der Waals surface area contributed by atoms with Crippen molar-refractivity contribution in [1.29, 1.82) is 0 Å². The van der Waals surface area contributed by atoms with Gasteiger partial charge in [-0.15, -0.1) is 0 Å². The molecule has 1 aromatic heterocycles. The predicted molar refractivity (Wildman–Crippen MR) is 158 cm³/mol. The number of aliphatic hydroxyl groups excluding tert-OH is 1. The molecule has 6 rings (SSSR count). The lowest BCUT2D eigenvalue weighted by atomic mass is 9.94. The van der Waals surface area contributed by atoms with Crippen LogP contribution in [0.2, 0.25) is 0 Å². The molecule has 0 saturated carbocycles. The highest BCUT2D eigenvalue weighted by Crippen LogP contribution is 2.45. The van der Waals surface area contributed by atoms with Gasteiger partial charge < -0.3 is 19.3 Å². The van der Waals surface area contributed by atoms with Crippen molar-refractivity contribution in [2.75, 3.05) is 18.1 Å². The Hall–Kier alpha value is -4.63. The number of Topliss-reactive ketones (excluding diaryl/α,β-unsaturated/α-hetero) is 1. The molecule has 3 heterocycles. The van der Waals surface area contributed by atoms with Crippen LogP contribution < -0.4 is 19.1 Å². The maximum atomic E-state index is 13.7. The number of nitrogens with zero attached hydrogens (tertiary/aromatic N) is 2. The highest BCUT2D eigenvalue weighted by Gasteiger charge is 2.48. The van der Waals surface area contributed by atoms with Crippen LogP contribution in [0.25, 0.3) is 16.0 Å². The van der Waals surface area contributed by atoms with Crippen molar-refractivity contribution in [3.63, 3.8) is 0 Å². The molecule has 8 nitrogen and oxygen atoms in total. The first-order valence-electron chi connectivity index (χ1n) is 13.4. The Bertz CT molecular complexity index is 1720. The molecule has 9 heteroatoms. The maximum Gasteiger partial charge on any atom is 0.301 e. The van der Waals surface area contributed by atoms with Gasteiger partial charge in [0.2, 0.25) is 0 Å². The number of thiazole rings is 1. The number of ketones is 1. The third-order valence-electron chi connectivity index (χ3n) is 7.02. The molecule has 4 aromatic rings. The number of ether oxygens (including phenoxy) is 3. The molecule has 0 bridgehead atoms.